The van der Waals surface area contributed by atoms with Crippen molar-refractivity contribution in [3.63, 3.8) is 0 Å². The van der Waals surface area contributed by atoms with Gasteiger partial charge in [-0.25, -0.2) is 4.57 Å². The van der Waals surface area contributed by atoms with E-state index in [4.69, 9.17) is 9.05 Å². The van der Waals surface area contributed by atoms with Crippen LogP contribution in [0.1, 0.15) is 102 Å². The molecule has 0 unspecified atom stereocenters. The van der Waals surface area contributed by atoms with E-state index in [1.807, 2.05) is 36.4 Å². The zero-order chi connectivity index (χ0) is 22.9. The first-order chi connectivity index (χ1) is 15.7. The molecule has 0 aliphatic rings. The van der Waals surface area contributed by atoms with Crippen molar-refractivity contribution >= 4 is 46.0 Å². The molecular weight excluding hydrogens is 455 g/mol. The Balaban J connectivity index is 0.00000544. The first kappa shape index (κ1) is 30.6. The van der Waals surface area contributed by atoms with E-state index < -0.39 is 8.25 Å². The molecule has 5 heteroatoms. The third-order valence-electron chi connectivity index (χ3n) is 5.93. The van der Waals surface area contributed by atoms with Crippen LogP contribution in [-0.4, -0.2) is 37.7 Å². The fourth-order valence-electron chi connectivity index (χ4n) is 4.01. The Labute approximate surface area is 233 Å². The van der Waals surface area contributed by atoms with Crippen LogP contribution in [0.5, 0.6) is 11.5 Å². The number of aryl methyl sites for hydroxylation is 2. The van der Waals surface area contributed by atoms with Gasteiger partial charge < -0.3 is 9.05 Å². The number of unbranched alkanes of at least 4 members (excludes halogenated alkanes) is 10. The molecule has 0 atom stereocenters. The average Bonchev–Trinajstić information content (AvgIpc) is 2.80. The maximum atomic E-state index is 12.7. The van der Waals surface area contributed by atoms with E-state index in [9.17, 15) is 4.57 Å². The van der Waals surface area contributed by atoms with Crippen molar-refractivity contribution < 1.29 is 13.6 Å². The molecule has 0 radical (unpaired) electrons. The second-order valence-corrected chi connectivity index (χ2v) is 9.61. The van der Waals surface area contributed by atoms with Gasteiger partial charge in [-0.3, -0.25) is 0 Å². The molecule has 0 aromatic heterocycles. The summed E-state index contributed by atoms with van der Waals surface area (Å²) in [5.41, 5.74) is 2.23. The van der Waals surface area contributed by atoms with E-state index in [0.29, 0.717) is 11.5 Å². The van der Waals surface area contributed by atoms with E-state index in [0.717, 1.165) is 36.8 Å². The third-order valence-corrected chi connectivity index (χ3v) is 6.70. The SMILES string of the molecule is CCCCCCCCc1ccccc1O[PH](=O)Oc1ccccc1CCCCCCCC.[CaH2]. The Bertz CT molecular complexity index is 718. The minimum atomic E-state index is -2.67. The van der Waals surface area contributed by atoms with Crippen molar-refractivity contribution in [2.45, 2.75) is 104 Å². The summed E-state index contributed by atoms with van der Waals surface area (Å²) in [7, 11) is -2.67. The van der Waals surface area contributed by atoms with Crippen molar-refractivity contribution in [1.82, 2.24) is 0 Å². The zero-order valence-corrected chi connectivity index (χ0v) is 21.2. The van der Waals surface area contributed by atoms with E-state index >= 15 is 0 Å². The minimum absolute atomic E-state index is 0. The van der Waals surface area contributed by atoms with Gasteiger partial charge in [-0.05, 0) is 48.9 Å². The van der Waals surface area contributed by atoms with Crippen LogP contribution in [0.4, 0.5) is 0 Å². The number of hydrogen-bond donors (Lipinski definition) is 0. The molecule has 2 rings (SSSR count). The normalized spacial score (nSPS) is 10.8. The number of hydrogen-bond acceptors (Lipinski definition) is 3. The van der Waals surface area contributed by atoms with Crippen molar-refractivity contribution in [1.29, 1.82) is 0 Å². The summed E-state index contributed by atoms with van der Waals surface area (Å²) in [4.78, 5) is 0. The molecule has 0 saturated heterocycles. The van der Waals surface area contributed by atoms with Crippen LogP contribution in [0, 0.1) is 0 Å². The third kappa shape index (κ3) is 13.3. The summed E-state index contributed by atoms with van der Waals surface area (Å²) in [5.74, 6) is 1.39. The fourth-order valence-corrected chi connectivity index (χ4v) is 4.81. The van der Waals surface area contributed by atoms with Crippen LogP contribution in [-0.2, 0) is 17.4 Å². The van der Waals surface area contributed by atoms with Gasteiger partial charge in [0, 0.05) is 0 Å². The summed E-state index contributed by atoms with van der Waals surface area (Å²) < 4.78 is 24.3. The Morgan fingerprint density at radius 1 is 0.576 bits per heavy atom. The molecule has 0 aliphatic carbocycles. The van der Waals surface area contributed by atoms with Crippen LogP contribution >= 0.6 is 8.25 Å². The molecule has 2 aromatic rings. The van der Waals surface area contributed by atoms with Gasteiger partial charge in [0.25, 0.3) is 0 Å². The molecule has 3 nitrogen and oxygen atoms in total. The van der Waals surface area contributed by atoms with Gasteiger partial charge in [0.1, 0.15) is 11.5 Å². The summed E-state index contributed by atoms with van der Waals surface area (Å²) >= 11 is 0. The first-order valence-electron chi connectivity index (χ1n) is 12.8. The van der Waals surface area contributed by atoms with Gasteiger partial charge in [-0.1, -0.05) is 114 Å². The second-order valence-electron chi connectivity index (χ2n) is 8.71. The standard InChI is InChI=1S/C28H43O3P.Ca.2H/c1-3-5-7-9-11-13-19-25-21-15-17-23-27(25)30-32(29)31-28-24-18-16-22-26(28)20-14-12-10-8-6-4-2;;;/h15-18,21-24,32H,3-14,19-20H2,1-2H3;;;. The second kappa shape index (κ2) is 19.8. The molecule has 182 valence electrons. The van der Waals surface area contributed by atoms with Gasteiger partial charge in [0.15, 0.2) is 0 Å². The predicted molar refractivity (Wildman–Crippen MR) is 146 cm³/mol. The van der Waals surface area contributed by atoms with E-state index in [1.54, 1.807) is 0 Å². The van der Waals surface area contributed by atoms with Crippen molar-refractivity contribution in [3.8, 4) is 11.5 Å². The van der Waals surface area contributed by atoms with Crippen LogP contribution in [0.3, 0.4) is 0 Å². The van der Waals surface area contributed by atoms with E-state index in [2.05, 4.69) is 26.0 Å². The summed E-state index contributed by atoms with van der Waals surface area (Å²) in [6.07, 6.45) is 17.0. The molecule has 0 spiro atoms. The van der Waals surface area contributed by atoms with Gasteiger partial charge in [-0.2, -0.15) is 0 Å². The van der Waals surface area contributed by atoms with Gasteiger partial charge >= 0.3 is 46.0 Å². The number of para-hydroxylation sites is 2. The molecule has 2 aromatic carbocycles. The monoisotopic (exact) mass is 500 g/mol. The van der Waals surface area contributed by atoms with Crippen LogP contribution < -0.4 is 9.05 Å². The average molecular weight is 501 g/mol. The Kier molecular flexibility index (Phi) is 18.3. The van der Waals surface area contributed by atoms with Crippen molar-refractivity contribution in [2.24, 2.45) is 0 Å². The molecule has 0 amide bonds. The van der Waals surface area contributed by atoms with Crippen LogP contribution in [0.25, 0.3) is 0 Å². The quantitative estimate of drug-likeness (QED) is 0.117. The topological polar surface area (TPSA) is 35.5 Å². The summed E-state index contributed by atoms with van der Waals surface area (Å²) in [5, 5.41) is 0. The Hall–Kier alpha value is -0.470. The van der Waals surface area contributed by atoms with Gasteiger partial charge in [-0.15, -0.1) is 0 Å². The van der Waals surface area contributed by atoms with E-state index in [1.165, 1.54) is 64.2 Å². The molecule has 33 heavy (non-hydrogen) atoms. The number of benzene rings is 2. The van der Waals surface area contributed by atoms with Crippen molar-refractivity contribution in [2.75, 3.05) is 0 Å². The van der Waals surface area contributed by atoms with Crippen LogP contribution in [0.15, 0.2) is 48.5 Å². The summed E-state index contributed by atoms with van der Waals surface area (Å²) in [6, 6.07) is 15.9. The Morgan fingerprint density at radius 2 is 0.939 bits per heavy atom. The summed E-state index contributed by atoms with van der Waals surface area (Å²) in [6.45, 7) is 4.48. The van der Waals surface area contributed by atoms with Gasteiger partial charge in [0.2, 0.25) is 0 Å². The molecule has 0 bridgehead atoms. The molecular formula is C28H45CaO3P. The molecule has 0 fully saturated rings. The van der Waals surface area contributed by atoms with Gasteiger partial charge in [0.05, 0.1) is 0 Å². The maximum absolute atomic E-state index is 12.7. The van der Waals surface area contributed by atoms with Crippen molar-refractivity contribution in [3.05, 3.63) is 59.7 Å². The van der Waals surface area contributed by atoms with Crippen LogP contribution in [0.2, 0.25) is 0 Å². The first-order valence-corrected chi connectivity index (χ1v) is 14.0. The molecule has 0 N–H and O–H groups in total. The number of rotatable bonds is 18. The molecule has 0 aliphatic heterocycles. The zero-order valence-electron chi connectivity index (χ0n) is 20.2. The predicted octanol–water partition coefficient (Wildman–Crippen LogP) is 8.42. The fraction of sp³-hybridized carbons (Fsp3) is 0.571. The molecule has 0 saturated carbocycles. The Morgan fingerprint density at radius 3 is 1.36 bits per heavy atom. The molecule has 0 heterocycles. The van der Waals surface area contributed by atoms with E-state index in [-0.39, 0.29) is 37.7 Å².